The van der Waals surface area contributed by atoms with E-state index in [2.05, 4.69) is 242 Å². The van der Waals surface area contributed by atoms with Crippen molar-refractivity contribution in [1.29, 1.82) is 0 Å². The monoisotopic (exact) mass is 829 g/mol. The van der Waals surface area contributed by atoms with E-state index >= 15 is 0 Å². The van der Waals surface area contributed by atoms with Gasteiger partial charge < -0.3 is 5.32 Å². The van der Waals surface area contributed by atoms with Crippen molar-refractivity contribution in [1.82, 2.24) is 5.32 Å². The highest BCUT2D eigenvalue weighted by Crippen LogP contribution is 2.59. The van der Waals surface area contributed by atoms with Crippen LogP contribution in [0.1, 0.15) is 45.1 Å². The first-order valence-corrected chi connectivity index (χ1v) is 22.4. The summed E-state index contributed by atoms with van der Waals surface area (Å²) in [5.74, 6) is 1.49. The van der Waals surface area contributed by atoms with Gasteiger partial charge in [-0.25, -0.2) is 9.98 Å². The second-order valence-electron chi connectivity index (χ2n) is 16.9. The molecule has 0 saturated heterocycles. The predicted octanol–water partition coefficient (Wildman–Crippen LogP) is 14.7. The molecule has 1 atom stereocenters. The van der Waals surface area contributed by atoms with E-state index in [-0.39, 0.29) is 6.17 Å². The molecule has 1 heterocycles. The molecule has 0 bridgehead atoms. The van der Waals surface area contributed by atoms with Gasteiger partial charge in [0.25, 0.3) is 0 Å². The minimum Gasteiger partial charge on any atom is -0.344 e. The lowest BCUT2D eigenvalue weighted by Gasteiger charge is -2.34. The highest BCUT2D eigenvalue weighted by atomic mass is 15.2. The average molecular weight is 830 g/mol. The lowest BCUT2D eigenvalue weighted by atomic mass is 9.67. The largest absolute Gasteiger partial charge is 0.344 e. The van der Waals surface area contributed by atoms with Crippen LogP contribution in [0.5, 0.6) is 0 Å². The molecular formula is C62H43N3. The van der Waals surface area contributed by atoms with Crippen LogP contribution in [-0.4, -0.2) is 11.7 Å². The molecular weight excluding hydrogens is 787 g/mol. The molecule has 1 aliphatic carbocycles. The van der Waals surface area contributed by atoms with Crippen LogP contribution < -0.4 is 5.32 Å². The van der Waals surface area contributed by atoms with E-state index < -0.39 is 5.41 Å². The molecule has 1 unspecified atom stereocenters. The Bertz CT molecular complexity index is 3370. The van der Waals surface area contributed by atoms with Gasteiger partial charge in [-0.2, -0.15) is 0 Å². The molecule has 10 aromatic rings. The zero-order valence-electron chi connectivity index (χ0n) is 35.6. The molecule has 0 fully saturated rings. The summed E-state index contributed by atoms with van der Waals surface area (Å²) >= 11 is 0. The van der Waals surface area contributed by atoms with Gasteiger partial charge in [0, 0.05) is 11.1 Å². The maximum absolute atomic E-state index is 5.26. The van der Waals surface area contributed by atoms with E-state index in [0.29, 0.717) is 5.84 Å². The highest BCUT2D eigenvalue weighted by molar-refractivity contribution is 6.13. The van der Waals surface area contributed by atoms with E-state index in [1.807, 2.05) is 12.1 Å². The molecule has 0 amide bonds. The SMILES string of the molecule is c1ccc(C2=NC(c3ccc(-c4c(-c5cccc6c5-c5ccccc5C6(c5ccccc5)c5ccccc5)ccc5ccccc45)cc3)=NC(c3ccc(-c4ccccc4)cc3)N2)cc1. The zero-order chi connectivity index (χ0) is 43.2. The van der Waals surface area contributed by atoms with Gasteiger partial charge in [0.05, 0.1) is 5.41 Å². The highest BCUT2D eigenvalue weighted by Gasteiger charge is 2.46. The van der Waals surface area contributed by atoms with E-state index in [4.69, 9.17) is 9.98 Å². The van der Waals surface area contributed by atoms with Crippen molar-refractivity contribution in [3.8, 4) is 44.5 Å². The van der Waals surface area contributed by atoms with Crippen LogP contribution >= 0.6 is 0 Å². The Morgan fingerprint density at radius 3 is 1.58 bits per heavy atom. The number of nitrogens with one attached hydrogen (secondary N) is 1. The lowest BCUT2D eigenvalue weighted by Crippen LogP contribution is -2.33. The molecule has 2 aliphatic rings. The first kappa shape index (κ1) is 38.3. The van der Waals surface area contributed by atoms with Crippen molar-refractivity contribution in [3.05, 3.63) is 288 Å². The Morgan fingerprint density at radius 2 is 0.877 bits per heavy atom. The standard InChI is InChI=1S/C62H43N3/c1-5-18-42(19-6-1)43-32-36-47(37-33-43)60-63-59(46-21-7-2-8-22-46)64-61(65-60)48-38-34-45(35-39-48)57-51-27-14-13-20-44(51)40-41-53(57)52-29-17-31-56-58(52)54-28-15-16-30-55(54)62(56,49-23-9-3-10-24-49)50-25-11-4-12-26-50/h1-41,60H,(H,63,64,65). The number of fused-ring (bicyclic) bond motifs is 4. The average Bonchev–Trinajstić information content (AvgIpc) is 3.71. The van der Waals surface area contributed by atoms with E-state index in [1.165, 1.54) is 72.0 Å². The number of nitrogens with zero attached hydrogens (tertiary/aromatic N) is 2. The molecule has 3 heteroatoms. The van der Waals surface area contributed by atoms with Crippen LogP contribution in [0, 0.1) is 0 Å². The van der Waals surface area contributed by atoms with Crippen LogP contribution in [-0.2, 0) is 5.41 Å². The summed E-state index contributed by atoms with van der Waals surface area (Å²) in [6.07, 6.45) is -0.311. The third-order valence-corrected chi connectivity index (χ3v) is 13.3. The minimum atomic E-state index is -0.487. The molecule has 1 aliphatic heterocycles. The molecule has 3 nitrogen and oxygen atoms in total. The van der Waals surface area contributed by atoms with Crippen LogP contribution in [0.25, 0.3) is 55.3 Å². The quantitative estimate of drug-likeness (QED) is 0.163. The normalized spacial score (nSPS) is 14.7. The summed E-state index contributed by atoms with van der Waals surface area (Å²) < 4.78 is 0. The van der Waals surface area contributed by atoms with E-state index in [1.54, 1.807) is 0 Å². The Hall–Kier alpha value is -8.40. The third kappa shape index (κ3) is 6.51. The summed E-state index contributed by atoms with van der Waals surface area (Å²) in [4.78, 5) is 10.4. The van der Waals surface area contributed by atoms with Gasteiger partial charge in [-0.3, -0.25) is 0 Å². The molecule has 12 rings (SSSR count). The van der Waals surface area contributed by atoms with Crippen molar-refractivity contribution in [2.75, 3.05) is 0 Å². The molecule has 306 valence electrons. The van der Waals surface area contributed by atoms with Gasteiger partial charge in [0.15, 0.2) is 5.84 Å². The van der Waals surface area contributed by atoms with Crippen LogP contribution in [0.3, 0.4) is 0 Å². The summed E-state index contributed by atoms with van der Waals surface area (Å²) in [5.41, 5.74) is 17.3. The van der Waals surface area contributed by atoms with Gasteiger partial charge in [0.1, 0.15) is 12.0 Å². The Balaban J connectivity index is 0.999. The van der Waals surface area contributed by atoms with Crippen molar-refractivity contribution < 1.29 is 0 Å². The third-order valence-electron chi connectivity index (χ3n) is 13.3. The fourth-order valence-electron chi connectivity index (χ4n) is 10.3. The number of hydrogen-bond donors (Lipinski definition) is 1. The fraction of sp³-hybridized carbons (Fsp3) is 0.0323. The van der Waals surface area contributed by atoms with Gasteiger partial charge in [-0.05, 0) is 83.1 Å². The van der Waals surface area contributed by atoms with Gasteiger partial charge in [-0.15, -0.1) is 0 Å². The summed E-state index contributed by atoms with van der Waals surface area (Å²) in [7, 11) is 0. The van der Waals surface area contributed by atoms with Crippen molar-refractivity contribution >= 4 is 22.4 Å². The first-order valence-electron chi connectivity index (χ1n) is 22.4. The molecule has 0 spiro atoms. The van der Waals surface area contributed by atoms with Crippen LogP contribution in [0.4, 0.5) is 0 Å². The Kier molecular flexibility index (Phi) is 9.46. The Labute approximate surface area is 379 Å². The maximum Gasteiger partial charge on any atom is 0.159 e. The van der Waals surface area contributed by atoms with Crippen molar-refractivity contribution in [2.45, 2.75) is 11.6 Å². The zero-order valence-corrected chi connectivity index (χ0v) is 35.6. The molecule has 1 N–H and O–H groups in total. The second-order valence-corrected chi connectivity index (χ2v) is 16.9. The van der Waals surface area contributed by atoms with Gasteiger partial charge in [-0.1, -0.05) is 249 Å². The second kappa shape index (κ2) is 16.1. The number of amidine groups is 2. The van der Waals surface area contributed by atoms with Crippen molar-refractivity contribution in [2.24, 2.45) is 9.98 Å². The lowest BCUT2D eigenvalue weighted by molar-refractivity contribution is 0.674. The maximum atomic E-state index is 5.26. The van der Waals surface area contributed by atoms with Crippen LogP contribution in [0.2, 0.25) is 0 Å². The van der Waals surface area contributed by atoms with E-state index in [9.17, 15) is 0 Å². The molecule has 0 aromatic heterocycles. The molecule has 0 saturated carbocycles. The van der Waals surface area contributed by atoms with Gasteiger partial charge in [0.2, 0.25) is 0 Å². The fourth-order valence-corrected chi connectivity index (χ4v) is 10.3. The van der Waals surface area contributed by atoms with Crippen molar-refractivity contribution in [3.63, 3.8) is 0 Å². The molecule has 65 heavy (non-hydrogen) atoms. The first-order chi connectivity index (χ1) is 32.2. The number of hydrogen-bond acceptors (Lipinski definition) is 3. The van der Waals surface area contributed by atoms with E-state index in [0.717, 1.165) is 28.1 Å². The molecule has 10 aromatic carbocycles. The number of benzene rings is 10. The summed E-state index contributed by atoms with van der Waals surface area (Å²) in [5, 5.41) is 6.06. The number of rotatable bonds is 8. The molecule has 0 radical (unpaired) electrons. The summed E-state index contributed by atoms with van der Waals surface area (Å²) in [6, 6.07) is 89.8. The van der Waals surface area contributed by atoms with Crippen LogP contribution in [0.15, 0.2) is 259 Å². The summed E-state index contributed by atoms with van der Waals surface area (Å²) in [6.45, 7) is 0. The Morgan fingerprint density at radius 1 is 0.354 bits per heavy atom. The van der Waals surface area contributed by atoms with Gasteiger partial charge >= 0.3 is 0 Å². The predicted molar refractivity (Wildman–Crippen MR) is 269 cm³/mol. The smallest absolute Gasteiger partial charge is 0.159 e. The topological polar surface area (TPSA) is 36.8 Å². The number of aliphatic imine (C=N–C) groups is 2. The minimum absolute atomic E-state index is 0.311.